The van der Waals surface area contributed by atoms with Crippen LogP contribution >= 0.6 is 0 Å². The van der Waals surface area contributed by atoms with Crippen LogP contribution < -0.4 is 11.3 Å². The average molecular weight is 188 g/mol. The van der Waals surface area contributed by atoms with Gasteiger partial charge in [-0.25, -0.2) is 0 Å². The van der Waals surface area contributed by atoms with Gasteiger partial charge in [0, 0.05) is 19.3 Å². The molecule has 0 saturated carbocycles. The smallest absolute Gasteiger partial charge is 0.0633 e. The molecular formula is C9H20N2O2. The summed E-state index contributed by atoms with van der Waals surface area (Å²) in [5, 5.41) is 0. The summed E-state index contributed by atoms with van der Waals surface area (Å²) in [6.07, 6.45) is 3.67. The number of nitrogens with two attached hydrogens (primary N) is 1. The molecule has 1 aliphatic rings. The summed E-state index contributed by atoms with van der Waals surface area (Å²) in [5.41, 5.74) is 2.76. The van der Waals surface area contributed by atoms with E-state index in [1.54, 1.807) is 0 Å². The first-order valence-corrected chi connectivity index (χ1v) is 5.02. The predicted molar refractivity (Wildman–Crippen MR) is 51.2 cm³/mol. The summed E-state index contributed by atoms with van der Waals surface area (Å²) in [6, 6.07) is 0.225. The zero-order valence-electron chi connectivity index (χ0n) is 8.29. The third kappa shape index (κ3) is 4.04. The van der Waals surface area contributed by atoms with Crippen molar-refractivity contribution in [2.45, 2.75) is 38.3 Å². The molecule has 0 aromatic carbocycles. The molecule has 2 atom stereocenters. The van der Waals surface area contributed by atoms with Crippen LogP contribution in [0.4, 0.5) is 0 Å². The molecule has 0 aromatic rings. The quantitative estimate of drug-likeness (QED) is 0.468. The maximum Gasteiger partial charge on any atom is 0.0633 e. The highest BCUT2D eigenvalue weighted by molar-refractivity contribution is 4.73. The molecule has 1 heterocycles. The van der Waals surface area contributed by atoms with Crippen molar-refractivity contribution in [3.63, 3.8) is 0 Å². The van der Waals surface area contributed by atoms with Gasteiger partial charge < -0.3 is 9.47 Å². The lowest BCUT2D eigenvalue weighted by Crippen LogP contribution is -2.41. The standard InChI is InChI=1S/C9H20N2O2/c1-2-12-7-8(11-10)6-9-4-3-5-13-9/h8-9,11H,2-7,10H2,1H3. The molecule has 0 bridgehead atoms. The van der Waals surface area contributed by atoms with Crippen LogP contribution in [0.5, 0.6) is 0 Å². The molecule has 1 fully saturated rings. The third-order valence-electron chi connectivity index (χ3n) is 2.33. The van der Waals surface area contributed by atoms with Crippen LogP contribution in [-0.4, -0.2) is 32.0 Å². The molecule has 0 amide bonds. The molecular weight excluding hydrogens is 168 g/mol. The maximum atomic E-state index is 5.51. The number of nitrogens with one attached hydrogen (secondary N) is 1. The minimum atomic E-state index is 0.225. The first-order chi connectivity index (χ1) is 6.36. The van der Waals surface area contributed by atoms with Crippen molar-refractivity contribution in [3.8, 4) is 0 Å². The van der Waals surface area contributed by atoms with Gasteiger partial charge >= 0.3 is 0 Å². The number of hydrogen-bond donors (Lipinski definition) is 2. The second kappa shape index (κ2) is 6.32. The van der Waals surface area contributed by atoms with Crippen LogP contribution in [0.2, 0.25) is 0 Å². The van der Waals surface area contributed by atoms with E-state index >= 15 is 0 Å². The summed E-state index contributed by atoms with van der Waals surface area (Å²) in [5.74, 6) is 5.41. The second-order valence-electron chi connectivity index (χ2n) is 3.39. The fourth-order valence-corrected chi connectivity index (χ4v) is 1.59. The lowest BCUT2D eigenvalue weighted by Gasteiger charge is -2.18. The molecule has 0 spiro atoms. The van der Waals surface area contributed by atoms with E-state index in [4.69, 9.17) is 15.3 Å². The van der Waals surface area contributed by atoms with E-state index in [1.807, 2.05) is 6.92 Å². The number of ether oxygens (including phenoxy) is 2. The van der Waals surface area contributed by atoms with Crippen molar-refractivity contribution in [2.75, 3.05) is 19.8 Å². The Balaban J connectivity index is 2.13. The molecule has 78 valence electrons. The molecule has 1 saturated heterocycles. The van der Waals surface area contributed by atoms with E-state index in [0.717, 1.165) is 26.1 Å². The normalized spacial score (nSPS) is 24.9. The molecule has 0 aromatic heterocycles. The van der Waals surface area contributed by atoms with Gasteiger partial charge in [-0.3, -0.25) is 11.3 Å². The summed E-state index contributed by atoms with van der Waals surface area (Å²) >= 11 is 0. The summed E-state index contributed by atoms with van der Waals surface area (Å²) in [7, 11) is 0. The predicted octanol–water partition coefficient (Wildman–Crippen LogP) is 0.424. The second-order valence-corrected chi connectivity index (χ2v) is 3.39. The van der Waals surface area contributed by atoms with E-state index in [9.17, 15) is 0 Å². The highest BCUT2D eigenvalue weighted by Crippen LogP contribution is 2.16. The minimum absolute atomic E-state index is 0.225. The van der Waals surface area contributed by atoms with Crippen LogP contribution in [0.3, 0.4) is 0 Å². The number of rotatable bonds is 6. The fraction of sp³-hybridized carbons (Fsp3) is 1.00. The molecule has 1 rings (SSSR count). The lowest BCUT2D eigenvalue weighted by molar-refractivity contribution is 0.0672. The fourth-order valence-electron chi connectivity index (χ4n) is 1.59. The summed E-state index contributed by atoms with van der Waals surface area (Å²) in [4.78, 5) is 0. The third-order valence-corrected chi connectivity index (χ3v) is 2.33. The first-order valence-electron chi connectivity index (χ1n) is 5.02. The van der Waals surface area contributed by atoms with Crippen LogP contribution in [0.15, 0.2) is 0 Å². The Morgan fingerprint density at radius 1 is 1.69 bits per heavy atom. The highest BCUT2D eigenvalue weighted by Gasteiger charge is 2.19. The van der Waals surface area contributed by atoms with Crippen molar-refractivity contribution in [2.24, 2.45) is 5.84 Å². The minimum Gasteiger partial charge on any atom is -0.380 e. The molecule has 4 nitrogen and oxygen atoms in total. The first kappa shape index (κ1) is 10.9. The largest absolute Gasteiger partial charge is 0.380 e. The van der Waals surface area contributed by atoms with Crippen LogP contribution in [0, 0.1) is 0 Å². The molecule has 4 heteroatoms. The Kier molecular flexibility index (Phi) is 5.31. The van der Waals surface area contributed by atoms with Crippen LogP contribution in [0.25, 0.3) is 0 Å². The summed E-state index contributed by atoms with van der Waals surface area (Å²) in [6.45, 7) is 4.30. The molecule has 2 unspecified atom stereocenters. The Labute approximate surface area is 79.7 Å². The monoisotopic (exact) mass is 188 g/mol. The van der Waals surface area contributed by atoms with Gasteiger partial charge in [0.15, 0.2) is 0 Å². The van der Waals surface area contributed by atoms with Crippen molar-refractivity contribution in [3.05, 3.63) is 0 Å². The van der Waals surface area contributed by atoms with Gasteiger partial charge in [-0.1, -0.05) is 0 Å². The van der Waals surface area contributed by atoms with Gasteiger partial charge in [-0.05, 0) is 26.2 Å². The van der Waals surface area contributed by atoms with Crippen molar-refractivity contribution >= 4 is 0 Å². The van der Waals surface area contributed by atoms with Gasteiger partial charge in [0.1, 0.15) is 0 Å². The van der Waals surface area contributed by atoms with Gasteiger partial charge in [-0.2, -0.15) is 0 Å². The number of hydrogen-bond acceptors (Lipinski definition) is 4. The Hall–Kier alpha value is -0.160. The Morgan fingerprint density at radius 3 is 3.08 bits per heavy atom. The molecule has 1 aliphatic heterocycles. The van der Waals surface area contributed by atoms with E-state index in [1.165, 1.54) is 6.42 Å². The highest BCUT2D eigenvalue weighted by atomic mass is 16.5. The van der Waals surface area contributed by atoms with Crippen molar-refractivity contribution in [1.82, 2.24) is 5.43 Å². The SMILES string of the molecule is CCOCC(CC1CCCO1)NN. The molecule has 0 radical (unpaired) electrons. The topological polar surface area (TPSA) is 56.5 Å². The van der Waals surface area contributed by atoms with Crippen molar-refractivity contribution in [1.29, 1.82) is 0 Å². The summed E-state index contributed by atoms with van der Waals surface area (Å²) < 4.78 is 10.8. The van der Waals surface area contributed by atoms with Gasteiger partial charge in [0.25, 0.3) is 0 Å². The number of hydrazine groups is 1. The van der Waals surface area contributed by atoms with Gasteiger partial charge in [-0.15, -0.1) is 0 Å². The average Bonchev–Trinajstić information content (AvgIpc) is 2.64. The van der Waals surface area contributed by atoms with Gasteiger partial charge in [0.2, 0.25) is 0 Å². The van der Waals surface area contributed by atoms with E-state index in [-0.39, 0.29) is 6.04 Å². The van der Waals surface area contributed by atoms with Crippen molar-refractivity contribution < 1.29 is 9.47 Å². The van der Waals surface area contributed by atoms with E-state index in [2.05, 4.69) is 5.43 Å². The Morgan fingerprint density at radius 2 is 2.54 bits per heavy atom. The lowest BCUT2D eigenvalue weighted by atomic mass is 10.1. The zero-order valence-corrected chi connectivity index (χ0v) is 8.29. The van der Waals surface area contributed by atoms with Crippen LogP contribution in [-0.2, 0) is 9.47 Å². The zero-order chi connectivity index (χ0) is 9.52. The maximum absolute atomic E-state index is 5.51. The van der Waals surface area contributed by atoms with Gasteiger partial charge in [0.05, 0.1) is 12.7 Å². The Bertz CT molecular complexity index is 127. The van der Waals surface area contributed by atoms with E-state index in [0.29, 0.717) is 12.7 Å². The molecule has 13 heavy (non-hydrogen) atoms. The van der Waals surface area contributed by atoms with E-state index < -0.39 is 0 Å². The molecule has 0 aliphatic carbocycles. The van der Waals surface area contributed by atoms with Crippen LogP contribution in [0.1, 0.15) is 26.2 Å². The molecule has 3 N–H and O–H groups in total.